The maximum atomic E-state index is 12.8. The van der Waals surface area contributed by atoms with E-state index in [2.05, 4.69) is 50.4 Å². The molecule has 1 amide bonds. The Balaban J connectivity index is 1.71. The summed E-state index contributed by atoms with van der Waals surface area (Å²) < 4.78 is 1.09. The highest BCUT2D eigenvalue weighted by atomic mass is 35.5. The number of benzene rings is 1. The third-order valence-corrected chi connectivity index (χ3v) is 8.11. The monoisotopic (exact) mass is 473 g/mol. The predicted molar refractivity (Wildman–Crippen MR) is 136 cm³/mol. The predicted octanol–water partition coefficient (Wildman–Crippen LogP) is 4.72. The lowest BCUT2D eigenvalue weighted by molar-refractivity contribution is -0.117. The zero-order valence-electron chi connectivity index (χ0n) is 20.6. The van der Waals surface area contributed by atoms with Gasteiger partial charge in [0.2, 0.25) is 5.91 Å². The van der Waals surface area contributed by atoms with E-state index in [4.69, 9.17) is 11.6 Å². The van der Waals surface area contributed by atoms with Crippen molar-refractivity contribution in [2.75, 3.05) is 29.6 Å². The van der Waals surface area contributed by atoms with Gasteiger partial charge in [0, 0.05) is 31.5 Å². The van der Waals surface area contributed by atoms with Gasteiger partial charge in [-0.1, -0.05) is 52.3 Å². The fourth-order valence-electron chi connectivity index (χ4n) is 4.64. The second-order valence-electron chi connectivity index (χ2n) is 10.2. The van der Waals surface area contributed by atoms with Crippen LogP contribution in [-0.4, -0.2) is 35.8 Å². The molecule has 7 nitrogen and oxygen atoms in total. The third kappa shape index (κ3) is 5.35. The Morgan fingerprint density at radius 1 is 1.27 bits per heavy atom. The van der Waals surface area contributed by atoms with Gasteiger partial charge >= 0.3 is 0 Å². The number of halogens is 1. The fourth-order valence-corrected chi connectivity index (χ4v) is 4.84. The van der Waals surface area contributed by atoms with E-state index in [0.29, 0.717) is 29.1 Å². The number of nitrogens with one attached hydrogen (secondary N) is 2. The Morgan fingerprint density at radius 3 is 2.64 bits per heavy atom. The van der Waals surface area contributed by atoms with Crippen LogP contribution in [0.3, 0.4) is 0 Å². The molecule has 4 atom stereocenters. The molecule has 1 aliphatic rings. The number of amides is 1. The molecule has 0 bridgehead atoms. The summed E-state index contributed by atoms with van der Waals surface area (Å²) in [7, 11) is 3.86. The van der Waals surface area contributed by atoms with E-state index in [1.807, 2.05) is 37.2 Å². The van der Waals surface area contributed by atoms with Gasteiger partial charge in [0.05, 0.1) is 11.9 Å². The van der Waals surface area contributed by atoms with Crippen LogP contribution < -0.4 is 21.1 Å². The van der Waals surface area contributed by atoms with Gasteiger partial charge in [0.25, 0.3) is 5.56 Å². The van der Waals surface area contributed by atoms with E-state index in [9.17, 15) is 9.59 Å². The number of carbonyl (C=O) groups excluding carboxylic acids is 1. The van der Waals surface area contributed by atoms with Gasteiger partial charge in [-0.2, -0.15) is 5.10 Å². The highest BCUT2D eigenvalue weighted by Gasteiger charge is 2.43. The average Bonchev–Trinajstić information content (AvgIpc) is 2.76. The van der Waals surface area contributed by atoms with Crippen molar-refractivity contribution in [2.24, 2.45) is 23.2 Å². The Bertz CT molecular complexity index is 1070. The van der Waals surface area contributed by atoms with Gasteiger partial charge in [-0.05, 0) is 47.8 Å². The number of hydrogen-bond donors (Lipinski definition) is 2. The lowest BCUT2D eigenvalue weighted by Crippen LogP contribution is -2.48. The summed E-state index contributed by atoms with van der Waals surface area (Å²) in [4.78, 5) is 27.3. The second-order valence-corrected chi connectivity index (χ2v) is 10.6. The van der Waals surface area contributed by atoms with Crippen LogP contribution in [0.1, 0.15) is 41.0 Å². The van der Waals surface area contributed by atoms with Crippen LogP contribution in [0.25, 0.3) is 0 Å². The Labute approximate surface area is 201 Å². The summed E-state index contributed by atoms with van der Waals surface area (Å²) in [5, 5.41) is 10.5. The van der Waals surface area contributed by atoms with Gasteiger partial charge < -0.3 is 15.5 Å². The van der Waals surface area contributed by atoms with Crippen molar-refractivity contribution in [3.8, 4) is 0 Å². The van der Waals surface area contributed by atoms with Crippen LogP contribution in [-0.2, 0) is 11.3 Å². The van der Waals surface area contributed by atoms with Crippen molar-refractivity contribution in [3.63, 3.8) is 0 Å². The summed E-state index contributed by atoms with van der Waals surface area (Å²) in [5.74, 6) is 1.12. The zero-order valence-corrected chi connectivity index (χ0v) is 21.4. The van der Waals surface area contributed by atoms with Crippen LogP contribution in [0, 0.1) is 23.2 Å². The number of hydrogen-bond acceptors (Lipinski definition) is 5. The molecule has 3 rings (SSSR count). The minimum absolute atomic E-state index is 0.0599. The van der Waals surface area contributed by atoms with Crippen LogP contribution >= 0.6 is 11.6 Å². The Hall–Kier alpha value is -2.54. The quantitative estimate of drug-likeness (QED) is 0.634. The molecule has 0 saturated heterocycles. The molecule has 1 fully saturated rings. The minimum Gasteiger partial charge on any atom is -0.379 e. The number of carbonyl (C=O) groups is 1. The highest BCUT2D eigenvalue weighted by Crippen LogP contribution is 2.48. The van der Waals surface area contributed by atoms with Crippen molar-refractivity contribution in [2.45, 2.75) is 53.6 Å². The van der Waals surface area contributed by atoms with Crippen LogP contribution in [0.15, 0.2) is 35.3 Å². The van der Waals surface area contributed by atoms with E-state index < -0.39 is 5.56 Å². The average molecular weight is 474 g/mol. The molecule has 180 valence electrons. The summed E-state index contributed by atoms with van der Waals surface area (Å²) in [5.41, 5.74) is 1.91. The summed E-state index contributed by atoms with van der Waals surface area (Å²) in [6, 6.07) is 7.67. The number of nitrogens with zero attached hydrogens (tertiary/aromatic N) is 3. The molecule has 1 aliphatic carbocycles. The van der Waals surface area contributed by atoms with E-state index in [0.717, 1.165) is 16.8 Å². The number of aromatic nitrogens is 2. The van der Waals surface area contributed by atoms with Crippen molar-refractivity contribution < 1.29 is 4.79 Å². The van der Waals surface area contributed by atoms with Crippen LogP contribution in [0.5, 0.6) is 0 Å². The van der Waals surface area contributed by atoms with Crippen LogP contribution in [0.4, 0.5) is 17.1 Å². The first-order valence-corrected chi connectivity index (χ1v) is 11.9. The van der Waals surface area contributed by atoms with Crippen molar-refractivity contribution in [1.29, 1.82) is 0 Å². The van der Waals surface area contributed by atoms with E-state index in [-0.39, 0.29) is 28.9 Å². The van der Waals surface area contributed by atoms with Gasteiger partial charge in [0.15, 0.2) is 0 Å². The maximum Gasteiger partial charge on any atom is 0.288 e. The zero-order chi connectivity index (χ0) is 24.5. The molecule has 33 heavy (non-hydrogen) atoms. The molecule has 1 heterocycles. The summed E-state index contributed by atoms with van der Waals surface area (Å²) in [6.45, 7) is 11.3. The largest absolute Gasteiger partial charge is 0.379 e. The Morgan fingerprint density at radius 2 is 1.97 bits per heavy atom. The van der Waals surface area contributed by atoms with Gasteiger partial charge in [-0.25, -0.2) is 4.68 Å². The smallest absolute Gasteiger partial charge is 0.288 e. The SMILES string of the molecule is C[C@@H]1[C@@H](C)C(C)(C)[C@@H](C)C[C@H]1Nc1cnn(CC(=O)Nc2cccc(N(C)C)c2)c(=O)c1Cl. The summed E-state index contributed by atoms with van der Waals surface area (Å²) >= 11 is 6.42. The molecule has 0 unspecified atom stereocenters. The van der Waals surface area contributed by atoms with E-state index in [1.54, 1.807) is 12.3 Å². The molecular formula is C25H36ClN5O2. The van der Waals surface area contributed by atoms with Gasteiger partial charge in [0.1, 0.15) is 11.6 Å². The van der Waals surface area contributed by atoms with Crippen molar-refractivity contribution >= 4 is 34.6 Å². The van der Waals surface area contributed by atoms with Gasteiger partial charge in [-0.3, -0.25) is 9.59 Å². The number of rotatable bonds is 6. The van der Waals surface area contributed by atoms with Crippen LogP contribution in [0.2, 0.25) is 5.02 Å². The van der Waals surface area contributed by atoms with E-state index >= 15 is 0 Å². The molecular weight excluding hydrogens is 438 g/mol. The molecule has 8 heteroatoms. The molecule has 1 aromatic carbocycles. The molecule has 1 aromatic heterocycles. The fraction of sp³-hybridized carbons (Fsp3) is 0.560. The first-order valence-electron chi connectivity index (χ1n) is 11.5. The Kier molecular flexibility index (Phi) is 7.42. The number of anilines is 3. The standard InChI is InChI=1S/C25H36ClN5O2/c1-15-11-20(16(2)17(3)25(15,4)5)29-21-13-27-31(24(33)23(21)26)14-22(32)28-18-9-8-10-19(12-18)30(6)7/h8-10,12-13,15-17,20,29H,11,14H2,1-7H3,(H,28,32)/t15-,16+,17+,20+/m0/s1. The third-order valence-electron chi connectivity index (χ3n) is 7.74. The van der Waals surface area contributed by atoms with Crippen molar-refractivity contribution in [1.82, 2.24) is 9.78 Å². The second kappa shape index (κ2) is 9.75. The minimum atomic E-state index is -0.483. The summed E-state index contributed by atoms with van der Waals surface area (Å²) in [6.07, 6.45) is 2.54. The lowest BCUT2D eigenvalue weighted by Gasteiger charge is -2.50. The molecule has 2 N–H and O–H groups in total. The normalized spacial score (nSPS) is 24.2. The first-order chi connectivity index (χ1) is 15.4. The topological polar surface area (TPSA) is 79.3 Å². The molecule has 0 radical (unpaired) electrons. The maximum absolute atomic E-state index is 12.8. The lowest BCUT2D eigenvalue weighted by atomic mass is 9.58. The van der Waals surface area contributed by atoms with Gasteiger partial charge in [-0.15, -0.1) is 0 Å². The van der Waals surface area contributed by atoms with E-state index in [1.165, 1.54) is 0 Å². The first kappa shape index (κ1) is 25.1. The molecule has 1 saturated carbocycles. The molecule has 0 aliphatic heterocycles. The molecule has 2 aromatic rings. The highest BCUT2D eigenvalue weighted by molar-refractivity contribution is 6.32. The van der Waals surface area contributed by atoms with Crippen molar-refractivity contribution in [3.05, 3.63) is 45.8 Å². The molecule has 0 spiro atoms.